The van der Waals surface area contributed by atoms with Crippen molar-refractivity contribution in [1.82, 2.24) is 0 Å². The summed E-state index contributed by atoms with van der Waals surface area (Å²) in [7, 11) is 0. The second-order valence-electron chi connectivity index (χ2n) is 3.80. The molecule has 2 rings (SSSR count). The van der Waals surface area contributed by atoms with Crippen LogP contribution in [0.3, 0.4) is 0 Å². The maximum Gasteiger partial charge on any atom is 0.119 e. The molecule has 0 saturated carbocycles. The van der Waals surface area contributed by atoms with Gasteiger partial charge >= 0.3 is 0 Å². The van der Waals surface area contributed by atoms with Crippen molar-refractivity contribution in [2.24, 2.45) is 5.10 Å². The fourth-order valence-corrected chi connectivity index (χ4v) is 1.51. The van der Waals surface area contributed by atoms with Crippen molar-refractivity contribution in [1.29, 1.82) is 0 Å². The average molecular weight is 240 g/mol. The molecule has 2 aromatic carbocycles. The first-order valence-corrected chi connectivity index (χ1v) is 5.89. The molecule has 0 atom stereocenters. The molecule has 1 N–H and O–H groups in total. The lowest BCUT2D eigenvalue weighted by Crippen LogP contribution is -1.95. The highest BCUT2D eigenvalue weighted by molar-refractivity contribution is 5.56. The number of nitrogens with zero attached hydrogens (tertiary/aromatic N) is 1. The number of rotatable bonds is 5. The number of hydrogen-bond acceptors (Lipinski definition) is 3. The smallest absolute Gasteiger partial charge is 0.119 e. The lowest BCUT2D eigenvalue weighted by atomic mass is 10.2. The number of nitrogens with one attached hydrogen (secondary N) is 1. The fraction of sp³-hybridized carbons (Fsp3) is 0.133. The molecule has 3 heteroatoms. The van der Waals surface area contributed by atoms with Gasteiger partial charge in [0.15, 0.2) is 0 Å². The lowest BCUT2D eigenvalue weighted by molar-refractivity contribution is 0.306. The second-order valence-corrected chi connectivity index (χ2v) is 3.80. The summed E-state index contributed by atoms with van der Waals surface area (Å²) in [5.74, 6) is 0.852. The van der Waals surface area contributed by atoms with E-state index in [1.165, 1.54) is 0 Å². The zero-order valence-electron chi connectivity index (χ0n) is 10.3. The predicted molar refractivity (Wildman–Crippen MR) is 75.0 cm³/mol. The molecular weight excluding hydrogens is 224 g/mol. The number of anilines is 1. The van der Waals surface area contributed by atoms with Gasteiger partial charge in [0.1, 0.15) is 12.4 Å². The van der Waals surface area contributed by atoms with Gasteiger partial charge in [0, 0.05) is 6.21 Å². The van der Waals surface area contributed by atoms with E-state index in [0.29, 0.717) is 6.61 Å². The summed E-state index contributed by atoms with van der Waals surface area (Å²) in [4.78, 5) is 0. The summed E-state index contributed by atoms with van der Waals surface area (Å²) in [6.07, 6.45) is 1.71. The molecule has 0 aliphatic heterocycles. The van der Waals surface area contributed by atoms with E-state index in [-0.39, 0.29) is 0 Å². The second kappa shape index (κ2) is 6.45. The molecule has 0 aliphatic carbocycles. The van der Waals surface area contributed by atoms with E-state index >= 15 is 0 Å². The Kier molecular flexibility index (Phi) is 4.36. The van der Waals surface area contributed by atoms with Gasteiger partial charge in [0.2, 0.25) is 0 Å². The molecule has 0 unspecified atom stereocenters. The molecule has 0 radical (unpaired) electrons. The van der Waals surface area contributed by atoms with Crippen LogP contribution < -0.4 is 10.2 Å². The van der Waals surface area contributed by atoms with Crippen LogP contribution in [-0.2, 0) is 6.61 Å². The van der Waals surface area contributed by atoms with Gasteiger partial charge in [-0.1, -0.05) is 30.3 Å². The quantitative estimate of drug-likeness (QED) is 0.639. The Hall–Kier alpha value is -2.29. The number of hydrazone groups is 1. The monoisotopic (exact) mass is 240 g/mol. The van der Waals surface area contributed by atoms with Crippen LogP contribution in [0.15, 0.2) is 59.7 Å². The van der Waals surface area contributed by atoms with Crippen molar-refractivity contribution < 1.29 is 4.74 Å². The van der Waals surface area contributed by atoms with Crippen molar-refractivity contribution in [3.05, 3.63) is 60.2 Å². The largest absolute Gasteiger partial charge is 0.489 e. The third-order valence-corrected chi connectivity index (χ3v) is 2.43. The van der Waals surface area contributed by atoms with Crippen LogP contribution in [0.1, 0.15) is 12.5 Å². The van der Waals surface area contributed by atoms with Crippen LogP contribution in [0.2, 0.25) is 0 Å². The highest BCUT2D eigenvalue weighted by atomic mass is 16.5. The Balaban J connectivity index is 1.90. The number of benzene rings is 2. The molecule has 0 aliphatic rings. The Morgan fingerprint density at radius 1 is 1.06 bits per heavy atom. The number of hydrogen-bond donors (Lipinski definition) is 1. The Bertz CT molecular complexity index is 492. The third-order valence-electron chi connectivity index (χ3n) is 2.43. The zero-order valence-corrected chi connectivity index (χ0v) is 10.3. The van der Waals surface area contributed by atoms with Crippen molar-refractivity contribution in [2.45, 2.75) is 13.5 Å². The zero-order chi connectivity index (χ0) is 12.6. The van der Waals surface area contributed by atoms with Gasteiger partial charge in [-0.25, -0.2) is 0 Å². The van der Waals surface area contributed by atoms with E-state index in [4.69, 9.17) is 4.74 Å². The van der Waals surface area contributed by atoms with Crippen molar-refractivity contribution in [3.8, 4) is 5.75 Å². The summed E-state index contributed by atoms with van der Waals surface area (Å²) in [6, 6.07) is 17.8. The standard InChI is InChI=1S/C15H16N2O/c1-2-16-17-14-8-10-15(11-9-14)18-12-13-6-4-3-5-7-13/h2-11,17H,12H2,1H3/b16-2-. The van der Waals surface area contributed by atoms with E-state index in [9.17, 15) is 0 Å². The highest BCUT2D eigenvalue weighted by Gasteiger charge is 1.96. The van der Waals surface area contributed by atoms with Gasteiger partial charge < -0.3 is 4.74 Å². The first-order chi connectivity index (χ1) is 8.88. The summed E-state index contributed by atoms with van der Waals surface area (Å²) < 4.78 is 5.69. The molecule has 18 heavy (non-hydrogen) atoms. The minimum atomic E-state index is 0.584. The first kappa shape index (κ1) is 12.2. The summed E-state index contributed by atoms with van der Waals surface area (Å²) >= 11 is 0. The minimum Gasteiger partial charge on any atom is -0.489 e. The van der Waals surface area contributed by atoms with Crippen LogP contribution in [0.25, 0.3) is 0 Å². The Labute approximate surface area is 107 Å². The summed E-state index contributed by atoms with van der Waals surface area (Å²) in [6.45, 7) is 2.45. The molecule has 0 aromatic heterocycles. The molecule has 0 spiro atoms. The summed E-state index contributed by atoms with van der Waals surface area (Å²) in [5, 5.41) is 3.95. The minimum absolute atomic E-state index is 0.584. The predicted octanol–water partition coefficient (Wildman–Crippen LogP) is 3.68. The lowest BCUT2D eigenvalue weighted by Gasteiger charge is -2.07. The molecule has 0 bridgehead atoms. The maximum absolute atomic E-state index is 5.69. The molecule has 0 saturated heterocycles. The van der Waals surface area contributed by atoms with E-state index in [1.807, 2.05) is 61.5 Å². The van der Waals surface area contributed by atoms with Crippen LogP contribution in [0.5, 0.6) is 5.75 Å². The SMILES string of the molecule is C/C=N\Nc1ccc(OCc2ccccc2)cc1. The fourth-order valence-electron chi connectivity index (χ4n) is 1.51. The molecule has 0 heterocycles. The summed E-state index contributed by atoms with van der Waals surface area (Å²) in [5.41, 5.74) is 5.02. The van der Waals surface area contributed by atoms with E-state index in [1.54, 1.807) is 6.21 Å². The molecule has 0 fully saturated rings. The molecule has 3 nitrogen and oxygen atoms in total. The average Bonchev–Trinajstić information content (AvgIpc) is 2.45. The van der Waals surface area contributed by atoms with Crippen LogP contribution in [0, 0.1) is 0 Å². The molecular formula is C15H16N2O. The highest BCUT2D eigenvalue weighted by Crippen LogP contribution is 2.16. The van der Waals surface area contributed by atoms with E-state index in [2.05, 4.69) is 10.5 Å². The normalized spacial score (nSPS) is 10.5. The van der Waals surface area contributed by atoms with Gasteiger partial charge in [-0.3, -0.25) is 5.43 Å². The Morgan fingerprint density at radius 3 is 2.44 bits per heavy atom. The third kappa shape index (κ3) is 3.63. The van der Waals surface area contributed by atoms with Gasteiger partial charge in [0.05, 0.1) is 5.69 Å². The van der Waals surface area contributed by atoms with E-state index in [0.717, 1.165) is 17.0 Å². The van der Waals surface area contributed by atoms with E-state index < -0.39 is 0 Å². The van der Waals surface area contributed by atoms with Crippen molar-refractivity contribution in [2.75, 3.05) is 5.43 Å². The van der Waals surface area contributed by atoms with Crippen molar-refractivity contribution in [3.63, 3.8) is 0 Å². The van der Waals surface area contributed by atoms with Crippen LogP contribution in [0.4, 0.5) is 5.69 Å². The topological polar surface area (TPSA) is 33.6 Å². The van der Waals surface area contributed by atoms with Crippen LogP contribution in [-0.4, -0.2) is 6.21 Å². The maximum atomic E-state index is 5.69. The molecule has 0 amide bonds. The van der Waals surface area contributed by atoms with Gasteiger partial charge in [-0.05, 0) is 36.8 Å². The van der Waals surface area contributed by atoms with Gasteiger partial charge in [-0.2, -0.15) is 5.10 Å². The Morgan fingerprint density at radius 2 is 1.78 bits per heavy atom. The number of ether oxygens (including phenoxy) is 1. The molecule has 92 valence electrons. The van der Waals surface area contributed by atoms with Crippen molar-refractivity contribution >= 4 is 11.9 Å². The van der Waals surface area contributed by atoms with Gasteiger partial charge in [0.25, 0.3) is 0 Å². The first-order valence-electron chi connectivity index (χ1n) is 5.89. The molecule has 2 aromatic rings. The van der Waals surface area contributed by atoms with Gasteiger partial charge in [-0.15, -0.1) is 0 Å². The van der Waals surface area contributed by atoms with Crippen LogP contribution >= 0.6 is 0 Å².